The highest BCUT2D eigenvalue weighted by Gasteiger charge is 2.10. The first kappa shape index (κ1) is 13.1. The number of halogens is 2. The number of carbonyl (C=O) groups is 1. The highest BCUT2D eigenvalue weighted by Crippen LogP contribution is 2.18. The van der Waals surface area contributed by atoms with Crippen LogP contribution in [-0.4, -0.2) is 19.4 Å². The molecule has 1 N–H and O–H groups in total. The molecule has 0 aliphatic heterocycles. The summed E-state index contributed by atoms with van der Waals surface area (Å²) in [7, 11) is 1.83. The largest absolute Gasteiger partial charge is 0.320 e. The third-order valence-electron chi connectivity index (χ3n) is 2.30. The van der Waals surface area contributed by atoms with Gasteiger partial charge in [-0.1, -0.05) is 23.7 Å². The fourth-order valence-corrected chi connectivity index (χ4v) is 1.64. The van der Waals surface area contributed by atoms with Crippen LogP contribution in [0.25, 0.3) is 0 Å². The molecule has 1 aromatic rings. The zero-order chi connectivity index (χ0) is 12.0. The Bertz CT molecular complexity index is 368. The molecule has 0 saturated heterocycles. The number of nitrogens with one attached hydrogen (secondary N) is 1. The second-order valence-electron chi connectivity index (χ2n) is 3.64. The Balaban J connectivity index is 2.53. The predicted octanol–water partition coefficient (Wildman–Crippen LogP) is 2.59. The molecule has 0 saturated carbocycles. The topological polar surface area (TPSA) is 29.1 Å². The summed E-state index contributed by atoms with van der Waals surface area (Å²) in [6.07, 6.45) is 1.36. The van der Waals surface area contributed by atoms with Crippen LogP contribution in [0.15, 0.2) is 18.2 Å². The van der Waals surface area contributed by atoms with Crippen molar-refractivity contribution in [3.05, 3.63) is 34.6 Å². The standard InChI is InChI=1S/C12H15ClFNO/c1-15-7-3-5-10(16)8-9-4-2-6-11(13)12(9)14/h2,4,6,15H,3,5,7-8H2,1H3. The first-order chi connectivity index (χ1) is 7.65. The monoisotopic (exact) mass is 243 g/mol. The summed E-state index contributed by atoms with van der Waals surface area (Å²) in [5.41, 5.74) is 0.377. The lowest BCUT2D eigenvalue weighted by Gasteiger charge is -2.04. The molecule has 0 atom stereocenters. The Hall–Kier alpha value is -0.930. The maximum absolute atomic E-state index is 13.5. The summed E-state index contributed by atoms with van der Waals surface area (Å²) in [6.45, 7) is 0.795. The van der Waals surface area contributed by atoms with Crippen LogP contribution < -0.4 is 5.32 Å². The summed E-state index contributed by atoms with van der Waals surface area (Å²) in [5, 5.41) is 3.03. The third kappa shape index (κ3) is 3.91. The van der Waals surface area contributed by atoms with Gasteiger partial charge in [0, 0.05) is 12.8 Å². The summed E-state index contributed by atoms with van der Waals surface area (Å²) in [5.74, 6) is -0.442. The van der Waals surface area contributed by atoms with E-state index in [1.165, 1.54) is 6.07 Å². The minimum Gasteiger partial charge on any atom is -0.320 e. The van der Waals surface area contributed by atoms with Crippen molar-refractivity contribution in [2.24, 2.45) is 0 Å². The van der Waals surface area contributed by atoms with Gasteiger partial charge in [-0.3, -0.25) is 4.79 Å². The fourth-order valence-electron chi connectivity index (χ4n) is 1.45. The SMILES string of the molecule is CNCCCC(=O)Cc1cccc(Cl)c1F. The smallest absolute Gasteiger partial charge is 0.145 e. The average molecular weight is 244 g/mol. The molecule has 0 unspecified atom stereocenters. The summed E-state index contributed by atoms with van der Waals surface area (Å²) in [4.78, 5) is 11.5. The molecule has 0 fully saturated rings. The number of ketones is 1. The fraction of sp³-hybridized carbons (Fsp3) is 0.417. The molecule has 0 heterocycles. The number of hydrogen-bond donors (Lipinski definition) is 1. The van der Waals surface area contributed by atoms with Gasteiger partial charge in [0.15, 0.2) is 0 Å². The van der Waals surface area contributed by atoms with Gasteiger partial charge < -0.3 is 5.32 Å². The van der Waals surface area contributed by atoms with Gasteiger partial charge in [-0.25, -0.2) is 4.39 Å². The number of hydrogen-bond acceptors (Lipinski definition) is 2. The minimum absolute atomic E-state index is 0.0383. The van der Waals surface area contributed by atoms with Crippen LogP contribution in [0.2, 0.25) is 5.02 Å². The van der Waals surface area contributed by atoms with Gasteiger partial charge >= 0.3 is 0 Å². The predicted molar refractivity (Wildman–Crippen MR) is 63.3 cm³/mol. The minimum atomic E-state index is -0.480. The van der Waals surface area contributed by atoms with Crippen LogP contribution in [0, 0.1) is 5.82 Å². The van der Waals surface area contributed by atoms with Gasteiger partial charge in [-0.2, -0.15) is 0 Å². The molecule has 16 heavy (non-hydrogen) atoms. The number of Topliss-reactive ketones (excluding diaryl/α,β-unsaturated/α-hetero) is 1. The molecule has 0 radical (unpaired) electrons. The Morgan fingerprint density at radius 2 is 2.25 bits per heavy atom. The van der Waals surface area contributed by atoms with Crippen molar-refractivity contribution in [1.29, 1.82) is 0 Å². The highest BCUT2D eigenvalue weighted by molar-refractivity contribution is 6.30. The van der Waals surface area contributed by atoms with E-state index in [9.17, 15) is 9.18 Å². The molecular formula is C12H15ClFNO. The van der Waals surface area contributed by atoms with Crippen molar-refractivity contribution in [2.75, 3.05) is 13.6 Å². The zero-order valence-corrected chi connectivity index (χ0v) is 9.98. The van der Waals surface area contributed by atoms with Crippen LogP contribution in [0.1, 0.15) is 18.4 Å². The maximum atomic E-state index is 13.5. The third-order valence-corrected chi connectivity index (χ3v) is 2.59. The Kier molecular flexibility index (Phi) is 5.43. The molecule has 88 valence electrons. The van der Waals surface area contributed by atoms with Crippen molar-refractivity contribution in [3.63, 3.8) is 0 Å². The van der Waals surface area contributed by atoms with Crippen LogP contribution >= 0.6 is 11.6 Å². The van der Waals surface area contributed by atoms with Gasteiger partial charge in [-0.15, -0.1) is 0 Å². The lowest BCUT2D eigenvalue weighted by molar-refractivity contribution is -0.118. The van der Waals surface area contributed by atoms with Crippen molar-refractivity contribution in [1.82, 2.24) is 5.32 Å². The van der Waals surface area contributed by atoms with E-state index >= 15 is 0 Å². The van der Waals surface area contributed by atoms with E-state index in [-0.39, 0.29) is 17.2 Å². The summed E-state index contributed by atoms with van der Waals surface area (Å²) >= 11 is 5.63. The van der Waals surface area contributed by atoms with Gasteiger partial charge in [0.2, 0.25) is 0 Å². The number of rotatable bonds is 6. The molecular weight excluding hydrogens is 229 g/mol. The first-order valence-electron chi connectivity index (χ1n) is 5.24. The lowest BCUT2D eigenvalue weighted by atomic mass is 10.1. The van der Waals surface area contributed by atoms with Crippen LogP contribution in [0.4, 0.5) is 4.39 Å². The quantitative estimate of drug-likeness (QED) is 0.779. The van der Waals surface area contributed by atoms with E-state index in [2.05, 4.69) is 5.32 Å². The van der Waals surface area contributed by atoms with Crippen LogP contribution in [0.5, 0.6) is 0 Å². The molecule has 0 aromatic heterocycles. The Morgan fingerprint density at radius 3 is 2.94 bits per heavy atom. The number of benzene rings is 1. The van der Waals surface area contributed by atoms with Crippen LogP contribution in [0.3, 0.4) is 0 Å². The normalized spacial score (nSPS) is 10.4. The molecule has 4 heteroatoms. The van der Waals surface area contributed by atoms with Gasteiger partial charge in [0.05, 0.1) is 5.02 Å². The summed E-state index contributed by atoms with van der Waals surface area (Å²) < 4.78 is 13.5. The highest BCUT2D eigenvalue weighted by atomic mass is 35.5. The molecule has 2 nitrogen and oxygen atoms in total. The van der Waals surface area contributed by atoms with Crippen molar-refractivity contribution < 1.29 is 9.18 Å². The van der Waals surface area contributed by atoms with Crippen molar-refractivity contribution in [3.8, 4) is 0 Å². The maximum Gasteiger partial charge on any atom is 0.145 e. The van der Waals surface area contributed by atoms with E-state index in [1.54, 1.807) is 12.1 Å². The second kappa shape index (κ2) is 6.61. The average Bonchev–Trinajstić information content (AvgIpc) is 2.25. The molecule has 0 aliphatic rings. The van der Waals surface area contributed by atoms with Crippen molar-refractivity contribution in [2.45, 2.75) is 19.3 Å². The molecule has 1 rings (SSSR count). The number of carbonyl (C=O) groups excluding carboxylic acids is 1. The second-order valence-corrected chi connectivity index (χ2v) is 4.04. The van der Waals surface area contributed by atoms with E-state index < -0.39 is 5.82 Å². The van der Waals surface area contributed by atoms with E-state index in [1.807, 2.05) is 7.05 Å². The first-order valence-corrected chi connectivity index (χ1v) is 5.62. The molecule has 1 aromatic carbocycles. The van der Waals surface area contributed by atoms with Gasteiger partial charge in [0.25, 0.3) is 0 Å². The molecule has 0 spiro atoms. The zero-order valence-electron chi connectivity index (χ0n) is 9.22. The molecule has 0 amide bonds. The summed E-state index contributed by atoms with van der Waals surface area (Å²) in [6, 6.07) is 4.73. The van der Waals surface area contributed by atoms with Crippen molar-refractivity contribution >= 4 is 17.4 Å². The lowest BCUT2D eigenvalue weighted by Crippen LogP contribution is -2.11. The Labute approximate surface area is 99.8 Å². The van der Waals surface area contributed by atoms with E-state index in [0.29, 0.717) is 12.0 Å². The molecule has 0 bridgehead atoms. The van der Waals surface area contributed by atoms with E-state index in [4.69, 9.17) is 11.6 Å². The van der Waals surface area contributed by atoms with E-state index in [0.717, 1.165) is 13.0 Å². The van der Waals surface area contributed by atoms with Gasteiger partial charge in [-0.05, 0) is 31.6 Å². The molecule has 0 aliphatic carbocycles. The Morgan fingerprint density at radius 1 is 1.50 bits per heavy atom. The van der Waals surface area contributed by atoms with Gasteiger partial charge in [0.1, 0.15) is 11.6 Å². The van der Waals surface area contributed by atoms with Crippen LogP contribution in [-0.2, 0) is 11.2 Å².